The van der Waals surface area contributed by atoms with Crippen molar-refractivity contribution in [3.05, 3.63) is 263 Å². The van der Waals surface area contributed by atoms with Gasteiger partial charge in [0.25, 0.3) is 0 Å². The van der Waals surface area contributed by atoms with Crippen LogP contribution in [0.4, 0.5) is 0 Å². The highest BCUT2D eigenvalue weighted by molar-refractivity contribution is 5.94. The van der Waals surface area contributed by atoms with Gasteiger partial charge in [-0.2, -0.15) is 0 Å². The van der Waals surface area contributed by atoms with Crippen molar-refractivity contribution in [3.8, 4) is 0 Å². The topological polar surface area (TPSA) is 100 Å². The van der Waals surface area contributed by atoms with E-state index in [1.54, 1.807) is 6.08 Å². The Morgan fingerprint density at radius 1 is 0.444 bits per heavy atom. The van der Waals surface area contributed by atoms with Gasteiger partial charge in [-0.05, 0) is 51.1 Å². The average molecular weight is 969 g/mol. The van der Waals surface area contributed by atoms with Crippen molar-refractivity contribution in [1.82, 2.24) is 0 Å². The standard InChI is InChI=1S/C62H64O10/c1-64-62-61(71-45-53-35-21-8-22-36-53)60(70-44-52-33-19-7-20-34-52)59(69-43-51-31-17-6-18-32-51)57(72-62)54(63)37-38-55(66-40-48-25-11-3-12-26-48)58(68-42-50-29-15-5-16-30-50)56(67-41-49-27-13-4-14-28-49)46-65-39-47-23-9-2-10-24-47/h2-38,55-62H,39-46H2,1H3/b38-37-/t55-,56+,57-,58+,59-,60+,61-,62+/m1/s1. The van der Waals surface area contributed by atoms with Crippen LogP contribution in [0.3, 0.4) is 0 Å². The normalized spacial score (nSPS) is 19.2. The van der Waals surface area contributed by atoms with E-state index in [2.05, 4.69) is 0 Å². The second-order valence-corrected chi connectivity index (χ2v) is 17.6. The quantitative estimate of drug-likeness (QED) is 0.0441. The second-order valence-electron chi connectivity index (χ2n) is 17.6. The summed E-state index contributed by atoms with van der Waals surface area (Å²) in [7, 11) is 1.54. The van der Waals surface area contributed by atoms with E-state index in [1.165, 1.54) is 13.2 Å². The number of carbonyl (C=O) groups excluding carboxylic acids is 1. The molecule has 0 radical (unpaired) electrons. The fourth-order valence-corrected chi connectivity index (χ4v) is 8.45. The first-order valence-electron chi connectivity index (χ1n) is 24.5. The number of hydrogen-bond acceptors (Lipinski definition) is 10. The summed E-state index contributed by atoms with van der Waals surface area (Å²) < 4.78 is 59.9. The van der Waals surface area contributed by atoms with Crippen LogP contribution in [0.2, 0.25) is 0 Å². The lowest BCUT2D eigenvalue weighted by atomic mass is 9.94. The average Bonchev–Trinajstić information content (AvgIpc) is 3.44. The number of ketones is 1. The minimum atomic E-state index is -1.19. The van der Waals surface area contributed by atoms with E-state index in [0.29, 0.717) is 6.61 Å². The zero-order chi connectivity index (χ0) is 49.4. The number of benzene rings is 7. The summed E-state index contributed by atoms with van der Waals surface area (Å²) in [5, 5.41) is 0. The summed E-state index contributed by atoms with van der Waals surface area (Å²) in [5.74, 6) is -0.387. The molecule has 10 heteroatoms. The summed E-state index contributed by atoms with van der Waals surface area (Å²) in [5.41, 5.74) is 6.73. The highest BCUT2D eigenvalue weighted by atomic mass is 16.7. The van der Waals surface area contributed by atoms with Crippen LogP contribution in [0.5, 0.6) is 0 Å². The molecule has 0 bridgehead atoms. The molecule has 7 aromatic rings. The Hall–Kier alpha value is -6.41. The molecule has 372 valence electrons. The fraction of sp³-hybridized carbons (Fsp3) is 0.274. The molecule has 1 aliphatic heterocycles. The van der Waals surface area contributed by atoms with Crippen molar-refractivity contribution in [3.63, 3.8) is 0 Å². The molecule has 8 atom stereocenters. The maximum Gasteiger partial charge on any atom is 0.187 e. The van der Waals surface area contributed by atoms with Crippen LogP contribution in [0, 0.1) is 0 Å². The summed E-state index contributed by atoms with van der Waals surface area (Å²) in [6.07, 6.45) is -3.77. The minimum absolute atomic E-state index is 0.162. The Morgan fingerprint density at radius 3 is 1.24 bits per heavy atom. The van der Waals surface area contributed by atoms with Crippen molar-refractivity contribution >= 4 is 5.78 Å². The molecule has 1 saturated heterocycles. The molecule has 72 heavy (non-hydrogen) atoms. The van der Waals surface area contributed by atoms with Crippen LogP contribution in [-0.4, -0.2) is 68.5 Å². The molecule has 1 heterocycles. The van der Waals surface area contributed by atoms with E-state index < -0.39 is 49.0 Å². The maximum atomic E-state index is 15.2. The van der Waals surface area contributed by atoms with Crippen molar-refractivity contribution in [2.45, 2.75) is 95.3 Å². The van der Waals surface area contributed by atoms with Gasteiger partial charge in [0.1, 0.15) is 36.6 Å². The van der Waals surface area contributed by atoms with Gasteiger partial charge in [-0.1, -0.05) is 212 Å². The fourth-order valence-electron chi connectivity index (χ4n) is 8.45. The SMILES string of the molecule is CO[C@H]1O[C@H](C(=O)/C=C\[C@@H](OCc2ccccc2)[C@H](OCc2ccccc2)[C@H](COCc2ccccc2)OCc2ccccc2)[C@@H](OCc2ccccc2)[C@H](OCc2ccccc2)[C@H]1OCc1ccccc1. The Kier molecular flexibility index (Phi) is 20.6. The molecule has 0 aromatic heterocycles. The third kappa shape index (κ3) is 16.0. The molecule has 0 saturated carbocycles. The van der Waals surface area contributed by atoms with Crippen LogP contribution >= 0.6 is 0 Å². The highest BCUT2D eigenvalue weighted by Gasteiger charge is 2.51. The van der Waals surface area contributed by atoms with E-state index >= 15 is 4.79 Å². The van der Waals surface area contributed by atoms with Crippen LogP contribution in [0.1, 0.15) is 38.9 Å². The van der Waals surface area contributed by atoms with Gasteiger partial charge in [-0.25, -0.2) is 0 Å². The Balaban J connectivity index is 1.14. The van der Waals surface area contributed by atoms with E-state index in [9.17, 15) is 0 Å². The molecule has 8 rings (SSSR count). The molecule has 1 aliphatic rings. The molecular weight excluding hydrogens is 905 g/mol. The predicted octanol–water partition coefficient (Wildman–Crippen LogP) is 11.2. The van der Waals surface area contributed by atoms with Crippen molar-refractivity contribution < 1.29 is 47.4 Å². The van der Waals surface area contributed by atoms with Gasteiger partial charge >= 0.3 is 0 Å². The van der Waals surface area contributed by atoms with Gasteiger partial charge < -0.3 is 42.6 Å². The lowest BCUT2D eigenvalue weighted by Crippen LogP contribution is -2.62. The molecule has 7 aromatic carbocycles. The third-order valence-corrected chi connectivity index (χ3v) is 12.3. The summed E-state index contributed by atoms with van der Waals surface area (Å²) in [6.45, 7) is 1.91. The van der Waals surface area contributed by atoms with Gasteiger partial charge in [-0.15, -0.1) is 0 Å². The Morgan fingerprint density at radius 2 is 0.806 bits per heavy atom. The first kappa shape index (κ1) is 51.9. The molecule has 0 unspecified atom stereocenters. The van der Waals surface area contributed by atoms with Crippen LogP contribution < -0.4 is 0 Å². The van der Waals surface area contributed by atoms with Gasteiger partial charge in [0.15, 0.2) is 18.2 Å². The lowest BCUT2D eigenvalue weighted by molar-refractivity contribution is -0.310. The monoisotopic (exact) mass is 968 g/mol. The Bertz CT molecular complexity index is 2590. The number of methoxy groups -OCH3 is 1. The van der Waals surface area contributed by atoms with Crippen LogP contribution in [0.25, 0.3) is 0 Å². The van der Waals surface area contributed by atoms with Gasteiger partial charge in [0.05, 0.1) is 52.9 Å². The number of carbonyl (C=O) groups is 1. The summed E-state index contributed by atoms with van der Waals surface area (Å²) >= 11 is 0. The number of ether oxygens (including phenoxy) is 9. The van der Waals surface area contributed by atoms with E-state index in [4.69, 9.17) is 42.6 Å². The number of rotatable bonds is 28. The minimum Gasteiger partial charge on any atom is -0.374 e. The van der Waals surface area contributed by atoms with Crippen molar-refractivity contribution in [2.75, 3.05) is 13.7 Å². The molecule has 0 spiro atoms. The molecule has 10 nitrogen and oxygen atoms in total. The van der Waals surface area contributed by atoms with Gasteiger partial charge in [0, 0.05) is 7.11 Å². The van der Waals surface area contributed by atoms with Crippen molar-refractivity contribution in [1.29, 1.82) is 0 Å². The Labute approximate surface area is 424 Å². The highest BCUT2D eigenvalue weighted by Crippen LogP contribution is 2.32. The maximum absolute atomic E-state index is 15.2. The van der Waals surface area contributed by atoms with Gasteiger partial charge in [-0.3, -0.25) is 4.79 Å². The largest absolute Gasteiger partial charge is 0.374 e. The third-order valence-electron chi connectivity index (χ3n) is 12.3. The number of hydrogen-bond donors (Lipinski definition) is 0. The van der Waals surface area contributed by atoms with Crippen LogP contribution in [-0.2, 0) is 93.7 Å². The van der Waals surface area contributed by atoms with E-state index in [0.717, 1.165) is 38.9 Å². The zero-order valence-corrected chi connectivity index (χ0v) is 40.7. The molecule has 1 fully saturated rings. The molecule has 0 N–H and O–H groups in total. The lowest BCUT2D eigenvalue weighted by Gasteiger charge is -2.44. The van der Waals surface area contributed by atoms with Crippen molar-refractivity contribution in [2.24, 2.45) is 0 Å². The second kappa shape index (κ2) is 28.6. The first-order valence-corrected chi connectivity index (χ1v) is 24.5. The summed E-state index contributed by atoms with van der Waals surface area (Å²) in [6, 6.07) is 69.4. The zero-order valence-electron chi connectivity index (χ0n) is 40.7. The predicted molar refractivity (Wildman–Crippen MR) is 276 cm³/mol. The molecule has 0 amide bonds. The smallest absolute Gasteiger partial charge is 0.187 e. The summed E-state index contributed by atoms with van der Waals surface area (Å²) in [4.78, 5) is 15.2. The first-order chi connectivity index (χ1) is 35.6. The molecular formula is C62H64O10. The van der Waals surface area contributed by atoms with Crippen LogP contribution in [0.15, 0.2) is 224 Å². The molecule has 0 aliphatic carbocycles. The van der Waals surface area contributed by atoms with E-state index in [1.807, 2.05) is 212 Å². The van der Waals surface area contributed by atoms with Gasteiger partial charge in [0.2, 0.25) is 0 Å². The van der Waals surface area contributed by atoms with E-state index in [-0.39, 0.29) is 52.0 Å².